The van der Waals surface area contributed by atoms with Gasteiger partial charge in [-0.1, -0.05) is 24.3 Å². The van der Waals surface area contributed by atoms with Gasteiger partial charge in [-0.3, -0.25) is 4.79 Å². The highest BCUT2D eigenvalue weighted by Gasteiger charge is 2.12. The lowest BCUT2D eigenvalue weighted by Gasteiger charge is -2.11. The summed E-state index contributed by atoms with van der Waals surface area (Å²) in [6.07, 6.45) is 0. The van der Waals surface area contributed by atoms with Crippen molar-refractivity contribution in [1.29, 1.82) is 0 Å². The minimum absolute atomic E-state index is 0.0687. The van der Waals surface area contributed by atoms with Crippen molar-refractivity contribution in [3.05, 3.63) is 42.0 Å². The standard InChI is InChI=1S/C15H17NO3/c1-2-19-14-8-7-13(15(18)16-9-10-17)11-5-3-4-6-12(11)14/h3-8,17H,2,9-10H2,1H3,(H,16,18). The maximum atomic E-state index is 12.0. The molecule has 2 aromatic carbocycles. The summed E-state index contributed by atoms with van der Waals surface area (Å²) in [5.41, 5.74) is 0.590. The van der Waals surface area contributed by atoms with E-state index < -0.39 is 0 Å². The van der Waals surface area contributed by atoms with Crippen LogP contribution < -0.4 is 10.1 Å². The molecule has 0 aromatic heterocycles. The monoisotopic (exact) mass is 259 g/mol. The van der Waals surface area contributed by atoms with E-state index in [4.69, 9.17) is 9.84 Å². The number of aliphatic hydroxyl groups excluding tert-OH is 1. The number of ether oxygens (including phenoxy) is 1. The molecule has 2 rings (SSSR count). The zero-order valence-electron chi connectivity index (χ0n) is 10.8. The quantitative estimate of drug-likeness (QED) is 0.863. The van der Waals surface area contributed by atoms with Gasteiger partial charge in [-0.25, -0.2) is 0 Å². The van der Waals surface area contributed by atoms with Crippen molar-refractivity contribution in [3.8, 4) is 5.75 Å². The molecule has 0 atom stereocenters. The van der Waals surface area contributed by atoms with Crippen LogP contribution in [-0.2, 0) is 0 Å². The highest BCUT2D eigenvalue weighted by molar-refractivity contribution is 6.08. The molecule has 0 aliphatic rings. The van der Waals surface area contributed by atoms with Crippen molar-refractivity contribution in [3.63, 3.8) is 0 Å². The van der Waals surface area contributed by atoms with Crippen molar-refractivity contribution in [2.75, 3.05) is 19.8 Å². The van der Waals surface area contributed by atoms with Crippen LogP contribution in [0.15, 0.2) is 36.4 Å². The summed E-state index contributed by atoms with van der Waals surface area (Å²) in [6.45, 7) is 2.69. The number of carbonyl (C=O) groups is 1. The van der Waals surface area contributed by atoms with Crippen LogP contribution in [-0.4, -0.2) is 30.8 Å². The number of carbonyl (C=O) groups excluding carboxylic acids is 1. The Kier molecular flexibility index (Phi) is 4.36. The Morgan fingerprint density at radius 3 is 2.63 bits per heavy atom. The number of benzene rings is 2. The highest BCUT2D eigenvalue weighted by Crippen LogP contribution is 2.28. The summed E-state index contributed by atoms with van der Waals surface area (Å²) in [5.74, 6) is 0.588. The molecule has 4 heteroatoms. The van der Waals surface area contributed by atoms with Gasteiger partial charge >= 0.3 is 0 Å². The molecule has 0 bridgehead atoms. The second kappa shape index (κ2) is 6.20. The third-order valence-corrected chi connectivity index (χ3v) is 2.83. The molecule has 0 fully saturated rings. The Labute approximate surface area is 112 Å². The molecule has 4 nitrogen and oxygen atoms in total. The first kappa shape index (κ1) is 13.4. The van der Waals surface area contributed by atoms with Crippen molar-refractivity contribution in [2.45, 2.75) is 6.92 Å². The first-order valence-corrected chi connectivity index (χ1v) is 6.31. The zero-order valence-corrected chi connectivity index (χ0v) is 10.8. The van der Waals surface area contributed by atoms with Crippen LogP contribution in [0, 0.1) is 0 Å². The van der Waals surface area contributed by atoms with E-state index in [1.165, 1.54) is 0 Å². The van der Waals surface area contributed by atoms with Crippen LogP contribution in [0.3, 0.4) is 0 Å². The minimum Gasteiger partial charge on any atom is -0.493 e. The Bertz CT molecular complexity index is 581. The zero-order chi connectivity index (χ0) is 13.7. The molecular formula is C15H17NO3. The van der Waals surface area contributed by atoms with E-state index in [0.717, 1.165) is 16.5 Å². The summed E-state index contributed by atoms with van der Waals surface area (Å²) in [5, 5.41) is 13.2. The van der Waals surface area contributed by atoms with Gasteiger partial charge in [0.15, 0.2) is 0 Å². The Morgan fingerprint density at radius 1 is 1.21 bits per heavy atom. The Balaban J connectivity index is 2.46. The molecule has 2 N–H and O–H groups in total. The molecule has 0 spiro atoms. The number of amides is 1. The molecule has 0 saturated heterocycles. The van der Waals surface area contributed by atoms with Gasteiger partial charge in [0.25, 0.3) is 5.91 Å². The van der Waals surface area contributed by atoms with E-state index in [2.05, 4.69) is 5.32 Å². The summed E-state index contributed by atoms with van der Waals surface area (Å²) < 4.78 is 5.56. The van der Waals surface area contributed by atoms with Crippen LogP contribution >= 0.6 is 0 Å². The molecular weight excluding hydrogens is 242 g/mol. The van der Waals surface area contributed by atoms with Crippen molar-refractivity contribution in [1.82, 2.24) is 5.32 Å². The SMILES string of the molecule is CCOc1ccc(C(=O)NCCO)c2ccccc12. The van der Waals surface area contributed by atoms with Gasteiger partial charge in [0.1, 0.15) is 5.75 Å². The Morgan fingerprint density at radius 2 is 1.95 bits per heavy atom. The highest BCUT2D eigenvalue weighted by atomic mass is 16.5. The topological polar surface area (TPSA) is 58.6 Å². The molecule has 0 heterocycles. The normalized spacial score (nSPS) is 10.4. The van der Waals surface area contributed by atoms with Crippen LogP contribution in [0.2, 0.25) is 0 Å². The molecule has 19 heavy (non-hydrogen) atoms. The van der Waals surface area contributed by atoms with Crippen molar-refractivity contribution < 1.29 is 14.6 Å². The molecule has 2 aromatic rings. The minimum atomic E-state index is -0.187. The van der Waals surface area contributed by atoms with Gasteiger partial charge in [0, 0.05) is 17.5 Å². The predicted octanol–water partition coefficient (Wildman–Crippen LogP) is 1.96. The van der Waals surface area contributed by atoms with E-state index >= 15 is 0 Å². The Hall–Kier alpha value is -2.07. The number of aliphatic hydroxyl groups is 1. The smallest absolute Gasteiger partial charge is 0.251 e. The molecule has 0 aliphatic carbocycles. The van der Waals surface area contributed by atoms with E-state index in [-0.39, 0.29) is 19.1 Å². The molecule has 0 unspecified atom stereocenters. The molecule has 0 saturated carbocycles. The summed E-state index contributed by atoms with van der Waals surface area (Å²) >= 11 is 0. The van der Waals surface area contributed by atoms with E-state index in [1.54, 1.807) is 12.1 Å². The van der Waals surface area contributed by atoms with Crippen molar-refractivity contribution in [2.24, 2.45) is 0 Å². The lowest BCUT2D eigenvalue weighted by atomic mass is 10.0. The molecule has 1 amide bonds. The fourth-order valence-electron chi connectivity index (χ4n) is 2.02. The summed E-state index contributed by atoms with van der Waals surface area (Å²) in [7, 11) is 0. The molecule has 100 valence electrons. The summed E-state index contributed by atoms with van der Waals surface area (Å²) in [4.78, 5) is 12.0. The number of fused-ring (bicyclic) bond motifs is 1. The molecule has 0 radical (unpaired) electrons. The van der Waals surface area contributed by atoms with Gasteiger partial charge in [-0.2, -0.15) is 0 Å². The average Bonchev–Trinajstić information content (AvgIpc) is 2.45. The number of nitrogens with one attached hydrogen (secondary N) is 1. The largest absolute Gasteiger partial charge is 0.493 e. The third kappa shape index (κ3) is 2.85. The predicted molar refractivity (Wildman–Crippen MR) is 74.5 cm³/mol. The van der Waals surface area contributed by atoms with Gasteiger partial charge in [0.05, 0.1) is 13.2 Å². The number of rotatable bonds is 5. The second-order valence-electron chi connectivity index (χ2n) is 4.07. The van der Waals surface area contributed by atoms with Crippen LogP contribution in [0.5, 0.6) is 5.75 Å². The first-order valence-electron chi connectivity index (χ1n) is 6.31. The van der Waals surface area contributed by atoms with Gasteiger partial charge < -0.3 is 15.2 Å². The summed E-state index contributed by atoms with van der Waals surface area (Å²) in [6, 6.07) is 11.2. The number of hydrogen-bond acceptors (Lipinski definition) is 3. The molecule has 0 aliphatic heterocycles. The lowest BCUT2D eigenvalue weighted by molar-refractivity contribution is 0.0946. The second-order valence-corrected chi connectivity index (χ2v) is 4.07. The van der Waals surface area contributed by atoms with Gasteiger partial charge in [0.2, 0.25) is 0 Å². The van der Waals surface area contributed by atoms with Crippen LogP contribution in [0.25, 0.3) is 10.8 Å². The maximum absolute atomic E-state index is 12.0. The average molecular weight is 259 g/mol. The third-order valence-electron chi connectivity index (χ3n) is 2.83. The van der Waals surface area contributed by atoms with E-state index in [1.807, 2.05) is 31.2 Å². The fraction of sp³-hybridized carbons (Fsp3) is 0.267. The van der Waals surface area contributed by atoms with E-state index in [9.17, 15) is 4.79 Å². The van der Waals surface area contributed by atoms with Gasteiger partial charge in [-0.15, -0.1) is 0 Å². The fourth-order valence-corrected chi connectivity index (χ4v) is 2.02. The van der Waals surface area contributed by atoms with Crippen molar-refractivity contribution >= 4 is 16.7 Å². The first-order chi connectivity index (χ1) is 9.27. The number of hydrogen-bond donors (Lipinski definition) is 2. The lowest BCUT2D eigenvalue weighted by Crippen LogP contribution is -2.26. The van der Waals surface area contributed by atoms with Crippen LogP contribution in [0.4, 0.5) is 0 Å². The van der Waals surface area contributed by atoms with E-state index in [0.29, 0.717) is 12.2 Å². The van der Waals surface area contributed by atoms with Gasteiger partial charge in [-0.05, 0) is 24.4 Å². The maximum Gasteiger partial charge on any atom is 0.251 e. The van der Waals surface area contributed by atoms with Crippen LogP contribution in [0.1, 0.15) is 17.3 Å².